The molecule has 0 fully saturated rings. The summed E-state index contributed by atoms with van der Waals surface area (Å²) in [5, 5.41) is 15.5. The van der Waals surface area contributed by atoms with Crippen LogP contribution in [0.1, 0.15) is 17.0 Å². The predicted octanol–water partition coefficient (Wildman–Crippen LogP) is 2.19. The molecule has 2 aromatic rings. The molecule has 0 aliphatic carbocycles. The van der Waals surface area contributed by atoms with Gasteiger partial charge < -0.3 is 14.6 Å². The molecule has 0 unspecified atom stereocenters. The minimum Gasteiger partial charge on any atom is -0.497 e. The number of nitrogens with zero attached hydrogens (tertiary/aromatic N) is 2. The van der Waals surface area contributed by atoms with Crippen LogP contribution in [0.4, 0.5) is 5.69 Å². The lowest BCUT2D eigenvalue weighted by atomic mass is 9.97. The number of ketones is 1. The number of Topliss-reactive ketones (excluding diaryl/α,β-unsaturated/α-hetero) is 1. The average molecular weight is 327 g/mol. The Bertz CT molecular complexity index is 785. The third-order valence-electron chi connectivity index (χ3n) is 3.58. The largest absolute Gasteiger partial charge is 0.497 e. The fourth-order valence-electron chi connectivity index (χ4n) is 2.22. The van der Waals surface area contributed by atoms with Crippen LogP contribution in [0.15, 0.2) is 28.8 Å². The number of carbonyl (C=O) groups is 2. The van der Waals surface area contributed by atoms with Crippen molar-refractivity contribution in [3.8, 4) is 11.8 Å². The lowest BCUT2D eigenvalue weighted by molar-refractivity contribution is -0.128. The number of nitrogens with one attached hydrogen (secondary N) is 1. The number of hydrogen-bond acceptors (Lipinski definition) is 6. The topological polar surface area (TPSA) is 105 Å². The standard InChI is InChI=1S/C17H17N3O4/c1-10-14(11(2)24-20-10)8-16(21)15(9-18)17(22)19-12-5-4-6-13(7-12)23-3/h4-7,15H,8H2,1-3H3,(H,19,22)/t15-/m0/s1. The first kappa shape index (κ1) is 17.2. The van der Waals surface area contributed by atoms with Crippen LogP contribution in [0.5, 0.6) is 5.75 Å². The van der Waals surface area contributed by atoms with E-state index in [0.29, 0.717) is 28.5 Å². The van der Waals surface area contributed by atoms with Crippen LogP contribution in [0.2, 0.25) is 0 Å². The molecule has 1 aromatic heterocycles. The summed E-state index contributed by atoms with van der Waals surface area (Å²) >= 11 is 0. The molecule has 1 heterocycles. The Morgan fingerprint density at radius 3 is 2.75 bits per heavy atom. The first-order valence-electron chi connectivity index (χ1n) is 7.25. The molecule has 0 spiro atoms. The van der Waals surface area contributed by atoms with E-state index in [-0.39, 0.29) is 6.42 Å². The van der Waals surface area contributed by atoms with Gasteiger partial charge in [-0.05, 0) is 26.0 Å². The minimum atomic E-state index is -1.41. The third-order valence-corrected chi connectivity index (χ3v) is 3.58. The maximum Gasteiger partial charge on any atom is 0.249 e. The third kappa shape index (κ3) is 3.79. The lowest BCUT2D eigenvalue weighted by Crippen LogP contribution is -2.29. The van der Waals surface area contributed by atoms with Gasteiger partial charge in [0.2, 0.25) is 5.91 Å². The van der Waals surface area contributed by atoms with E-state index in [1.165, 1.54) is 7.11 Å². The summed E-state index contributed by atoms with van der Waals surface area (Å²) in [6.07, 6.45) is -0.0784. The number of methoxy groups -OCH3 is 1. The van der Waals surface area contributed by atoms with E-state index >= 15 is 0 Å². The van der Waals surface area contributed by atoms with Crippen molar-refractivity contribution in [2.45, 2.75) is 20.3 Å². The van der Waals surface area contributed by atoms with Crippen molar-refractivity contribution in [2.24, 2.45) is 5.92 Å². The molecule has 24 heavy (non-hydrogen) atoms. The molecule has 7 nitrogen and oxygen atoms in total. The molecular formula is C17H17N3O4. The first-order valence-corrected chi connectivity index (χ1v) is 7.25. The first-order chi connectivity index (χ1) is 11.5. The highest BCUT2D eigenvalue weighted by Crippen LogP contribution is 2.19. The molecule has 2 rings (SSSR count). The molecule has 0 saturated carbocycles. The SMILES string of the molecule is COc1cccc(NC(=O)[C@@H](C#N)C(=O)Cc2c(C)noc2C)c1. The lowest BCUT2D eigenvalue weighted by Gasteiger charge is -2.10. The van der Waals surface area contributed by atoms with Gasteiger partial charge in [-0.1, -0.05) is 11.2 Å². The fourth-order valence-corrected chi connectivity index (χ4v) is 2.22. The summed E-state index contributed by atoms with van der Waals surface area (Å²) in [7, 11) is 1.51. The fraction of sp³-hybridized carbons (Fsp3) is 0.294. The second-order valence-corrected chi connectivity index (χ2v) is 5.23. The Hall–Kier alpha value is -3.14. The second-order valence-electron chi connectivity index (χ2n) is 5.23. The Kier molecular flexibility index (Phi) is 5.32. The van der Waals surface area contributed by atoms with Gasteiger partial charge in [0.15, 0.2) is 11.7 Å². The van der Waals surface area contributed by atoms with Crippen molar-refractivity contribution < 1.29 is 18.8 Å². The van der Waals surface area contributed by atoms with Crippen molar-refractivity contribution >= 4 is 17.4 Å². The van der Waals surface area contributed by atoms with E-state index in [0.717, 1.165) is 0 Å². The van der Waals surface area contributed by atoms with Gasteiger partial charge in [0.1, 0.15) is 11.5 Å². The average Bonchev–Trinajstić information content (AvgIpc) is 2.87. The minimum absolute atomic E-state index is 0.0784. The van der Waals surface area contributed by atoms with Gasteiger partial charge in [0, 0.05) is 23.7 Å². The van der Waals surface area contributed by atoms with Gasteiger partial charge >= 0.3 is 0 Å². The molecule has 1 aromatic carbocycles. The zero-order chi connectivity index (χ0) is 17.7. The molecule has 124 valence electrons. The van der Waals surface area contributed by atoms with Crippen molar-refractivity contribution in [1.82, 2.24) is 5.16 Å². The summed E-state index contributed by atoms with van der Waals surface area (Å²) in [6.45, 7) is 3.39. The van der Waals surface area contributed by atoms with Crippen LogP contribution in [-0.4, -0.2) is 24.0 Å². The monoisotopic (exact) mass is 327 g/mol. The molecule has 0 aliphatic rings. The van der Waals surface area contributed by atoms with E-state index in [1.54, 1.807) is 44.2 Å². The summed E-state index contributed by atoms with van der Waals surface area (Å²) < 4.78 is 10.1. The normalized spacial score (nSPS) is 11.4. The Morgan fingerprint density at radius 1 is 1.42 bits per heavy atom. The smallest absolute Gasteiger partial charge is 0.249 e. The van der Waals surface area contributed by atoms with Crippen LogP contribution < -0.4 is 10.1 Å². The van der Waals surface area contributed by atoms with Crippen LogP contribution >= 0.6 is 0 Å². The number of anilines is 1. The Morgan fingerprint density at radius 2 is 2.17 bits per heavy atom. The molecule has 1 amide bonds. The highest BCUT2D eigenvalue weighted by atomic mass is 16.5. The maximum absolute atomic E-state index is 12.3. The number of nitriles is 1. The molecule has 0 radical (unpaired) electrons. The number of amides is 1. The molecule has 0 aliphatic heterocycles. The van der Waals surface area contributed by atoms with Gasteiger partial charge in [0.05, 0.1) is 18.9 Å². The number of rotatable bonds is 6. The molecule has 7 heteroatoms. The van der Waals surface area contributed by atoms with E-state index < -0.39 is 17.6 Å². The van der Waals surface area contributed by atoms with Gasteiger partial charge in [-0.3, -0.25) is 9.59 Å². The molecular weight excluding hydrogens is 310 g/mol. The van der Waals surface area contributed by atoms with Crippen LogP contribution in [-0.2, 0) is 16.0 Å². The van der Waals surface area contributed by atoms with Gasteiger partial charge in [-0.15, -0.1) is 0 Å². The molecule has 0 saturated heterocycles. The second kappa shape index (κ2) is 7.42. The van der Waals surface area contributed by atoms with E-state index in [9.17, 15) is 14.9 Å². The predicted molar refractivity (Wildman–Crippen MR) is 85.4 cm³/mol. The Balaban J connectivity index is 2.11. The number of aryl methyl sites for hydroxylation is 2. The highest BCUT2D eigenvalue weighted by Gasteiger charge is 2.28. The van der Waals surface area contributed by atoms with E-state index in [1.807, 2.05) is 0 Å². The zero-order valence-corrected chi connectivity index (χ0v) is 13.6. The van der Waals surface area contributed by atoms with Crippen molar-refractivity contribution in [2.75, 3.05) is 12.4 Å². The number of ether oxygens (including phenoxy) is 1. The van der Waals surface area contributed by atoms with E-state index in [4.69, 9.17) is 9.26 Å². The van der Waals surface area contributed by atoms with Gasteiger partial charge in [-0.2, -0.15) is 5.26 Å². The quantitative estimate of drug-likeness (QED) is 0.815. The highest BCUT2D eigenvalue weighted by molar-refractivity contribution is 6.10. The number of benzene rings is 1. The van der Waals surface area contributed by atoms with Crippen molar-refractivity contribution in [3.05, 3.63) is 41.3 Å². The van der Waals surface area contributed by atoms with Gasteiger partial charge in [-0.25, -0.2) is 0 Å². The summed E-state index contributed by atoms with van der Waals surface area (Å²) in [4.78, 5) is 24.6. The number of carbonyl (C=O) groups excluding carboxylic acids is 2. The van der Waals surface area contributed by atoms with E-state index in [2.05, 4.69) is 10.5 Å². The van der Waals surface area contributed by atoms with Crippen molar-refractivity contribution in [1.29, 1.82) is 5.26 Å². The summed E-state index contributed by atoms with van der Waals surface area (Å²) in [6, 6.07) is 8.42. The van der Waals surface area contributed by atoms with Crippen LogP contribution in [0.25, 0.3) is 0 Å². The number of aromatic nitrogens is 1. The van der Waals surface area contributed by atoms with Crippen LogP contribution in [0, 0.1) is 31.1 Å². The van der Waals surface area contributed by atoms with Crippen molar-refractivity contribution in [3.63, 3.8) is 0 Å². The summed E-state index contributed by atoms with van der Waals surface area (Å²) in [5.41, 5.74) is 1.63. The molecule has 0 bridgehead atoms. The Labute approximate surface area is 139 Å². The summed E-state index contributed by atoms with van der Waals surface area (Å²) in [5.74, 6) is -1.53. The van der Waals surface area contributed by atoms with Crippen LogP contribution in [0.3, 0.4) is 0 Å². The zero-order valence-electron chi connectivity index (χ0n) is 13.6. The number of hydrogen-bond donors (Lipinski definition) is 1. The van der Waals surface area contributed by atoms with Gasteiger partial charge in [0.25, 0.3) is 0 Å². The molecule has 1 N–H and O–H groups in total. The molecule has 1 atom stereocenters. The maximum atomic E-state index is 12.3.